The molecule has 2 N–H and O–H groups in total. The molecule has 0 atom stereocenters. The van der Waals surface area contributed by atoms with Crippen LogP contribution in [0.2, 0.25) is 5.02 Å². The molecule has 0 saturated carbocycles. The third-order valence-electron chi connectivity index (χ3n) is 4.17. The minimum Gasteiger partial charge on any atom is -0.495 e. The number of hydrogen-bond acceptors (Lipinski definition) is 5. The van der Waals surface area contributed by atoms with Gasteiger partial charge >= 0.3 is 0 Å². The molecule has 9 heteroatoms. The van der Waals surface area contributed by atoms with E-state index in [-0.39, 0.29) is 10.6 Å². The first-order valence-corrected chi connectivity index (χ1v) is 11.8. The summed E-state index contributed by atoms with van der Waals surface area (Å²) in [5, 5.41) is 3.10. The molecule has 0 aromatic heterocycles. The maximum atomic E-state index is 12.9. The molecule has 1 amide bonds. The molecule has 3 aromatic carbocycles. The highest BCUT2D eigenvalue weighted by molar-refractivity contribution is 7.99. The van der Waals surface area contributed by atoms with Crippen LogP contribution in [0.5, 0.6) is 5.75 Å². The maximum Gasteiger partial charge on any atom is 0.262 e. The molecule has 0 saturated heterocycles. The summed E-state index contributed by atoms with van der Waals surface area (Å²) >= 11 is 7.38. The van der Waals surface area contributed by atoms with Crippen molar-refractivity contribution in [2.45, 2.75) is 9.79 Å². The second-order valence-electron chi connectivity index (χ2n) is 6.13. The summed E-state index contributed by atoms with van der Waals surface area (Å²) in [6, 6.07) is 17.8. The zero-order chi connectivity index (χ0) is 21.7. The van der Waals surface area contributed by atoms with Crippen molar-refractivity contribution in [1.29, 1.82) is 0 Å². The van der Waals surface area contributed by atoms with Gasteiger partial charge in [-0.05, 0) is 54.8 Å². The topological polar surface area (TPSA) is 84.5 Å². The number of benzene rings is 3. The second-order valence-corrected chi connectivity index (χ2v) is 9.10. The SMILES string of the molecule is COc1ccc(S(=O)(=O)Nc2ccccc2SC)cc1NC(=O)c1cccc(Cl)c1. The van der Waals surface area contributed by atoms with Crippen molar-refractivity contribution < 1.29 is 17.9 Å². The number of hydrogen-bond donors (Lipinski definition) is 2. The molecule has 0 aliphatic rings. The average molecular weight is 463 g/mol. The molecule has 30 heavy (non-hydrogen) atoms. The summed E-state index contributed by atoms with van der Waals surface area (Å²) in [7, 11) is -2.46. The van der Waals surface area contributed by atoms with Crippen LogP contribution < -0.4 is 14.8 Å². The summed E-state index contributed by atoms with van der Waals surface area (Å²) in [5.74, 6) is -0.111. The fraction of sp³-hybridized carbons (Fsp3) is 0.0952. The number of sulfonamides is 1. The van der Waals surface area contributed by atoms with E-state index < -0.39 is 15.9 Å². The number of methoxy groups -OCH3 is 1. The largest absolute Gasteiger partial charge is 0.495 e. The predicted octanol–water partition coefficient (Wildman–Crippen LogP) is 5.12. The highest BCUT2D eigenvalue weighted by Gasteiger charge is 2.19. The zero-order valence-corrected chi connectivity index (χ0v) is 18.6. The van der Waals surface area contributed by atoms with Gasteiger partial charge in [0, 0.05) is 15.5 Å². The van der Waals surface area contributed by atoms with Gasteiger partial charge in [-0.2, -0.15) is 0 Å². The van der Waals surface area contributed by atoms with Crippen LogP contribution >= 0.6 is 23.4 Å². The van der Waals surface area contributed by atoms with Crippen LogP contribution in [0.3, 0.4) is 0 Å². The van der Waals surface area contributed by atoms with Gasteiger partial charge in [0.15, 0.2) is 0 Å². The first-order chi connectivity index (χ1) is 14.3. The molecular weight excluding hydrogens is 444 g/mol. The van der Waals surface area contributed by atoms with E-state index in [4.69, 9.17) is 16.3 Å². The van der Waals surface area contributed by atoms with Gasteiger partial charge in [0.2, 0.25) is 0 Å². The minimum atomic E-state index is -3.89. The number of amides is 1. The molecule has 0 bridgehead atoms. The Morgan fingerprint density at radius 1 is 1.00 bits per heavy atom. The van der Waals surface area contributed by atoms with Gasteiger partial charge in [0.1, 0.15) is 5.75 Å². The van der Waals surface area contributed by atoms with Gasteiger partial charge in [-0.25, -0.2) is 8.42 Å². The number of halogens is 1. The first-order valence-electron chi connectivity index (χ1n) is 8.75. The average Bonchev–Trinajstić information content (AvgIpc) is 2.73. The van der Waals surface area contributed by atoms with Crippen molar-refractivity contribution in [3.05, 3.63) is 77.3 Å². The van der Waals surface area contributed by atoms with Crippen molar-refractivity contribution >= 4 is 50.7 Å². The van der Waals surface area contributed by atoms with E-state index in [9.17, 15) is 13.2 Å². The fourth-order valence-electron chi connectivity index (χ4n) is 2.71. The Morgan fingerprint density at radius 2 is 1.77 bits per heavy atom. The third kappa shape index (κ3) is 5.08. The number of rotatable bonds is 7. The summed E-state index contributed by atoms with van der Waals surface area (Å²) in [6.07, 6.45) is 1.87. The van der Waals surface area contributed by atoms with Gasteiger partial charge < -0.3 is 10.1 Å². The maximum absolute atomic E-state index is 12.9. The Kier molecular flexibility index (Phi) is 6.91. The predicted molar refractivity (Wildman–Crippen MR) is 121 cm³/mol. The van der Waals surface area contributed by atoms with E-state index in [0.717, 1.165) is 4.90 Å². The molecule has 0 unspecified atom stereocenters. The summed E-state index contributed by atoms with van der Waals surface area (Å²) < 4.78 is 33.7. The number of anilines is 2. The first kappa shape index (κ1) is 22.0. The van der Waals surface area contributed by atoms with Crippen molar-refractivity contribution in [3.63, 3.8) is 0 Å². The number of para-hydroxylation sites is 1. The van der Waals surface area contributed by atoms with Crippen molar-refractivity contribution in [2.24, 2.45) is 0 Å². The van der Waals surface area contributed by atoms with Gasteiger partial charge in [0.05, 0.1) is 23.4 Å². The van der Waals surface area contributed by atoms with Crippen molar-refractivity contribution in [3.8, 4) is 5.75 Å². The minimum absolute atomic E-state index is 0.0133. The summed E-state index contributed by atoms with van der Waals surface area (Å²) in [6.45, 7) is 0. The normalized spacial score (nSPS) is 11.0. The third-order valence-corrected chi connectivity index (χ3v) is 6.56. The molecular formula is C21H19ClN2O4S2. The lowest BCUT2D eigenvalue weighted by Gasteiger charge is -2.14. The van der Waals surface area contributed by atoms with Crippen molar-refractivity contribution in [1.82, 2.24) is 0 Å². The Labute approximate surface area is 184 Å². The van der Waals surface area contributed by atoms with Crippen LogP contribution in [0, 0.1) is 0 Å². The monoisotopic (exact) mass is 462 g/mol. The van der Waals surface area contributed by atoms with Crippen LogP contribution in [-0.4, -0.2) is 27.7 Å². The van der Waals surface area contributed by atoms with Gasteiger partial charge in [-0.15, -0.1) is 11.8 Å². The van der Waals surface area contributed by atoms with Crippen LogP contribution in [0.4, 0.5) is 11.4 Å². The molecule has 6 nitrogen and oxygen atoms in total. The van der Waals surface area contributed by atoms with Gasteiger partial charge in [0.25, 0.3) is 15.9 Å². The molecule has 0 radical (unpaired) electrons. The smallest absolute Gasteiger partial charge is 0.262 e. The molecule has 0 fully saturated rings. The quantitative estimate of drug-likeness (QED) is 0.476. The number of carbonyl (C=O) groups is 1. The van der Waals surface area contributed by atoms with E-state index in [0.29, 0.717) is 22.0 Å². The molecule has 3 rings (SSSR count). The van der Waals surface area contributed by atoms with E-state index >= 15 is 0 Å². The number of ether oxygens (including phenoxy) is 1. The standard InChI is InChI=1S/C21H19ClN2O4S2/c1-28-19-11-10-16(30(26,27)24-17-8-3-4-9-20(17)29-2)13-18(19)23-21(25)14-6-5-7-15(22)12-14/h3-13,24H,1-2H3,(H,23,25). The lowest BCUT2D eigenvalue weighted by atomic mass is 10.2. The molecule has 0 aliphatic heterocycles. The lowest BCUT2D eigenvalue weighted by molar-refractivity contribution is 0.102. The Bertz CT molecular complexity index is 1180. The Balaban J connectivity index is 1.92. The Morgan fingerprint density at radius 3 is 2.47 bits per heavy atom. The van der Waals surface area contributed by atoms with Gasteiger partial charge in [-0.3, -0.25) is 9.52 Å². The van der Waals surface area contributed by atoms with Gasteiger partial charge in [-0.1, -0.05) is 29.8 Å². The van der Waals surface area contributed by atoms with E-state index in [1.807, 2.05) is 18.4 Å². The molecule has 0 aliphatic carbocycles. The highest BCUT2D eigenvalue weighted by atomic mass is 35.5. The summed E-state index contributed by atoms with van der Waals surface area (Å²) in [4.78, 5) is 13.4. The van der Waals surface area contributed by atoms with Crippen LogP contribution in [0.1, 0.15) is 10.4 Å². The zero-order valence-electron chi connectivity index (χ0n) is 16.2. The van der Waals surface area contributed by atoms with Crippen molar-refractivity contribution in [2.75, 3.05) is 23.4 Å². The Hall–Kier alpha value is -2.68. The van der Waals surface area contributed by atoms with E-state index in [1.54, 1.807) is 30.3 Å². The second kappa shape index (κ2) is 9.42. The van der Waals surface area contributed by atoms with E-state index in [2.05, 4.69) is 10.0 Å². The summed E-state index contributed by atoms with van der Waals surface area (Å²) in [5.41, 5.74) is 1.04. The van der Waals surface area contributed by atoms with Crippen LogP contribution in [0.15, 0.2) is 76.5 Å². The lowest BCUT2D eigenvalue weighted by Crippen LogP contribution is -2.16. The molecule has 156 valence electrons. The highest BCUT2D eigenvalue weighted by Crippen LogP contribution is 2.31. The number of carbonyl (C=O) groups excluding carboxylic acids is 1. The molecule has 3 aromatic rings. The van der Waals surface area contributed by atoms with E-state index in [1.165, 1.54) is 43.1 Å². The molecule has 0 heterocycles. The molecule has 0 spiro atoms. The number of thioether (sulfide) groups is 1. The van der Waals surface area contributed by atoms with Crippen LogP contribution in [-0.2, 0) is 10.0 Å². The van der Waals surface area contributed by atoms with Crippen LogP contribution in [0.25, 0.3) is 0 Å². The fourth-order valence-corrected chi connectivity index (χ4v) is 4.62. The number of nitrogens with one attached hydrogen (secondary N) is 2.